The van der Waals surface area contributed by atoms with Crippen molar-refractivity contribution in [2.45, 2.75) is 20.8 Å². The van der Waals surface area contributed by atoms with Crippen molar-refractivity contribution < 1.29 is 14.3 Å². The van der Waals surface area contributed by atoms with Gasteiger partial charge in [0.2, 0.25) is 5.91 Å². The molecule has 0 aromatic rings. The number of nitrogens with zero attached hydrogens (tertiary/aromatic N) is 2. The molecule has 1 amide bonds. The molecular formula is C11H22N2O3. The molecule has 0 saturated carbocycles. The van der Waals surface area contributed by atoms with Gasteiger partial charge in [-0.25, -0.2) is 0 Å². The third kappa shape index (κ3) is 5.11. The second kappa shape index (κ2) is 8.10. The number of esters is 1. The zero-order valence-corrected chi connectivity index (χ0v) is 10.7. The van der Waals surface area contributed by atoms with Gasteiger partial charge < -0.3 is 9.64 Å². The quantitative estimate of drug-likeness (QED) is 0.592. The maximum atomic E-state index is 11.8. The fourth-order valence-electron chi connectivity index (χ4n) is 1.39. The number of amides is 1. The molecule has 0 atom stereocenters. The fraction of sp³-hybridized carbons (Fsp3) is 0.818. The van der Waals surface area contributed by atoms with E-state index in [4.69, 9.17) is 0 Å². The number of hydrogen-bond donors (Lipinski definition) is 0. The van der Waals surface area contributed by atoms with E-state index in [0.717, 1.165) is 0 Å². The summed E-state index contributed by atoms with van der Waals surface area (Å²) in [7, 11) is 1.35. The molecule has 0 fully saturated rings. The molecule has 5 nitrogen and oxygen atoms in total. The second-order valence-electron chi connectivity index (χ2n) is 3.45. The van der Waals surface area contributed by atoms with Crippen molar-refractivity contribution in [2.75, 3.05) is 39.8 Å². The largest absolute Gasteiger partial charge is 0.468 e. The van der Waals surface area contributed by atoms with Gasteiger partial charge in [0, 0.05) is 13.1 Å². The van der Waals surface area contributed by atoms with Gasteiger partial charge in [0.05, 0.1) is 20.2 Å². The average Bonchev–Trinajstić information content (AvgIpc) is 2.29. The molecule has 0 aliphatic rings. The fourth-order valence-corrected chi connectivity index (χ4v) is 1.39. The number of ether oxygens (including phenoxy) is 1. The molecule has 0 bridgehead atoms. The van der Waals surface area contributed by atoms with Crippen LogP contribution in [0.25, 0.3) is 0 Å². The molecule has 0 radical (unpaired) electrons. The van der Waals surface area contributed by atoms with Gasteiger partial charge in [0.15, 0.2) is 0 Å². The Balaban J connectivity index is 4.20. The Morgan fingerprint density at radius 1 is 1.00 bits per heavy atom. The molecule has 94 valence electrons. The molecule has 0 spiro atoms. The van der Waals surface area contributed by atoms with E-state index in [9.17, 15) is 9.59 Å². The lowest BCUT2D eigenvalue weighted by Gasteiger charge is -2.24. The summed E-state index contributed by atoms with van der Waals surface area (Å²) in [5.74, 6) is -0.259. The molecule has 0 aromatic heterocycles. The minimum absolute atomic E-state index is 0.0516. The van der Waals surface area contributed by atoms with E-state index in [2.05, 4.69) is 4.74 Å². The van der Waals surface area contributed by atoms with Crippen LogP contribution in [0.3, 0.4) is 0 Å². The predicted molar refractivity (Wildman–Crippen MR) is 62.1 cm³/mol. The molecule has 0 aliphatic heterocycles. The lowest BCUT2D eigenvalue weighted by atomic mass is 10.4. The van der Waals surface area contributed by atoms with Crippen LogP contribution < -0.4 is 0 Å². The van der Waals surface area contributed by atoms with Crippen LogP contribution in [0.4, 0.5) is 0 Å². The lowest BCUT2D eigenvalue weighted by molar-refractivity contribution is -0.142. The Hall–Kier alpha value is -1.10. The van der Waals surface area contributed by atoms with Gasteiger partial charge in [-0.05, 0) is 20.4 Å². The summed E-state index contributed by atoms with van der Waals surface area (Å²) in [5.41, 5.74) is 0. The summed E-state index contributed by atoms with van der Waals surface area (Å²) in [6.07, 6.45) is 0. The summed E-state index contributed by atoms with van der Waals surface area (Å²) in [6, 6.07) is 0. The highest BCUT2D eigenvalue weighted by Crippen LogP contribution is 1.95. The Morgan fingerprint density at radius 3 is 1.94 bits per heavy atom. The van der Waals surface area contributed by atoms with Gasteiger partial charge in [-0.15, -0.1) is 0 Å². The number of methoxy groups -OCH3 is 1. The molecule has 0 aliphatic carbocycles. The molecule has 5 heteroatoms. The highest BCUT2D eigenvalue weighted by Gasteiger charge is 2.16. The molecule has 0 N–H and O–H groups in total. The topological polar surface area (TPSA) is 49.9 Å². The Bertz CT molecular complexity index is 227. The van der Waals surface area contributed by atoms with Crippen LogP contribution in [0, 0.1) is 0 Å². The number of carbonyl (C=O) groups is 2. The van der Waals surface area contributed by atoms with Crippen LogP contribution in [0.2, 0.25) is 0 Å². The van der Waals surface area contributed by atoms with Crippen molar-refractivity contribution in [3.05, 3.63) is 0 Å². The van der Waals surface area contributed by atoms with Crippen LogP contribution in [0.15, 0.2) is 0 Å². The van der Waals surface area contributed by atoms with Gasteiger partial charge in [-0.2, -0.15) is 0 Å². The van der Waals surface area contributed by atoms with Gasteiger partial charge in [0.1, 0.15) is 0 Å². The zero-order chi connectivity index (χ0) is 12.6. The first-order chi connectivity index (χ1) is 7.58. The summed E-state index contributed by atoms with van der Waals surface area (Å²) < 4.78 is 4.57. The summed E-state index contributed by atoms with van der Waals surface area (Å²) in [6.45, 7) is 8.29. The molecular weight excluding hydrogens is 208 g/mol. The number of likely N-dealkylation sites (N-methyl/N-ethyl adjacent to an activating group) is 2. The van der Waals surface area contributed by atoms with E-state index in [1.807, 2.05) is 20.8 Å². The first-order valence-electron chi connectivity index (χ1n) is 5.65. The number of hydrogen-bond acceptors (Lipinski definition) is 4. The Labute approximate surface area is 97.3 Å². The molecule has 0 heterocycles. The van der Waals surface area contributed by atoms with Gasteiger partial charge in [0.25, 0.3) is 0 Å². The third-order valence-electron chi connectivity index (χ3n) is 2.50. The van der Waals surface area contributed by atoms with Crippen molar-refractivity contribution in [1.29, 1.82) is 0 Å². The van der Waals surface area contributed by atoms with Crippen LogP contribution >= 0.6 is 0 Å². The van der Waals surface area contributed by atoms with Crippen LogP contribution in [-0.4, -0.2) is 61.5 Å². The minimum Gasteiger partial charge on any atom is -0.468 e. The van der Waals surface area contributed by atoms with Crippen molar-refractivity contribution in [3.63, 3.8) is 0 Å². The van der Waals surface area contributed by atoms with Crippen LogP contribution in [0.1, 0.15) is 20.8 Å². The molecule has 0 saturated heterocycles. The van der Waals surface area contributed by atoms with E-state index < -0.39 is 0 Å². The van der Waals surface area contributed by atoms with Gasteiger partial charge in [-0.3, -0.25) is 14.5 Å². The van der Waals surface area contributed by atoms with E-state index >= 15 is 0 Å². The van der Waals surface area contributed by atoms with Crippen molar-refractivity contribution in [2.24, 2.45) is 0 Å². The normalized spacial score (nSPS) is 10.3. The average molecular weight is 230 g/mol. The molecule has 0 unspecified atom stereocenters. The van der Waals surface area contributed by atoms with E-state index in [1.54, 1.807) is 9.80 Å². The number of carbonyl (C=O) groups excluding carboxylic acids is 2. The Kier molecular flexibility index (Phi) is 7.54. The van der Waals surface area contributed by atoms with Gasteiger partial charge in [-0.1, -0.05) is 6.92 Å². The first-order valence-corrected chi connectivity index (χ1v) is 5.65. The van der Waals surface area contributed by atoms with Crippen molar-refractivity contribution in [1.82, 2.24) is 9.80 Å². The van der Waals surface area contributed by atoms with Crippen LogP contribution in [-0.2, 0) is 14.3 Å². The maximum Gasteiger partial charge on any atom is 0.319 e. The smallest absolute Gasteiger partial charge is 0.319 e. The van der Waals surface area contributed by atoms with Gasteiger partial charge >= 0.3 is 5.97 Å². The summed E-state index contributed by atoms with van der Waals surface area (Å²) in [4.78, 5) is 26.4. The third-order valence-corrected chi connectivity index (χ3v) is 2.50. The standard InChI is InChI=1S/C11H22N2O3/c1-5-12(9-11(15)16-4)8-10(14)13(6-2)7-3/h5-9H2,1-4H3. The van der Waals surface area contributed by atoms with E-state index in [0.29, 0.717) is 19.6 Å². The Morgan fingerprint density at radius 2 is 1.56 bits per heavy atom. The SMILES string of the molecule is CCN(CC(=O)OC)CC(=O)N(CC)CC. The van der Waals surface area contributed by atoms with Crippen molar-refractivity contribution >= 4 is 11.9 Å². The number of rotatable bonds is 7. The minimum atomic E-state index is -0.311. The highest BCUT2D eigenvalue weighted by atomic mass is 16.5. The van der Waals surface area contributed by atoms with Crippen LogP contribution in [0.5, 0.6) is 0 Å². The highest BCUT2D eigenvalue weighted by molar-refractivity contribution is 5.79. The molecule has 0 aromatic carbocycles. The van der Waals surface area contributed by atoms with Crippen molar-refractivity contribution in [3.8, 4) is 0 Å². The van der Waals surface area contributed by atoms with E-state index in [-0.39, 0.29) is 25.0 Å². The summed E-state index contributed by atoms with van der Waals surface area (Å²) >= 11 is 0. The van der Waals surface area contributed by atoms with E-state index in [1.165, 1.54) is 7.11 Å². The molecule has 16 heavy (non-hydrogen) atoms. The predicted octanol–water partition coefficient (Wildman–Crippen LogP) is 0.350. The summed E-state index contributed by atoms with van der Waals surface area (Å²) in [5, 5.41) is 0. The maximum absolute atomic E-state index is 11.8. The zero-order valence-electron chi connectivity index (χ0n) is 10.7. The second-order valence-corrected chi connectivity index (χ2v) is 3.45. The molecule has 0 rings (SSSR count). The lowest BCUT2D eigenvalue weighted by Crippen LogP contribution is -2.42. The monoisotopic (exact) mass is 230 g/mol. The first kappa shape index (κ1) is 14.9.